The summed E-state index contributed by atoms with van der Waals surface area (Å²) in [5.41, 5.74) is 6.76. The maximum atomic E-state index is 13.7. The Balaban J connectivity index is 2.30. The van der Waals surface area contributed by atoms with E-state index in [1.165, 1.54) is 0 Å². The van der Waals surface area contributed by atoms with Gasteiger partial charge in [0, 0.05) is 30.2 Å². The minimum Gasteiger partial charge on any atom is -0.493 e. The highest BCUT2D eigenvalue weighted by atomic mass is 32.1. The molecule has 3 N–H and O–H groups in total. The number of nitrogens with one attached hydrogen (secondary N) is 1. The Morgan fingerprint density at radius 3 is 2.43 bits per heavy atom. The van der Waals surface area contributed by atoms with E-state index in [2.05, 4.69) is 10.3 Å². The van der Waals surface area contributed by atoms with Gasteiger partial charge in [-0.25, -0.2) is 9.78 Å². The summed E-state index contributed by atoms with van der Waals surface area (Å²) in [5, 5.41) is 4.46. The van der Waals surface area contributed by atoms with Gasteiger partial charge in [0.25, 0.3) is 0 Å². The van der Waals surface area contributed by atoms with Gasteiger partial charge in [-0.2, -0.15) is 0 Å². The van der Waals surface area contributed by atoms with Crippen LogP contribution in [-0.2, 0) is 14.3 Å². The highest BCUT2D eigenvalue weighted by Crippen LogP contribution is 2.27. The van der Waals surface area contributed by atoms with Gasteiger partial charge in [-0.1, -0.05) is 57.2 Å². The van der Waals surface area contributed by atoms with Crippen molar-refractivity contribution in [3.63, 3.8) is 0 Å². The summed E-state index contributed by atoms with van der Waals surface area (Å²) < 4.78 is 5.84. The van der Waals surface area contributed by atoms with Gasteiger partial charge in [0.1, 0.15) is 24.1 Å². The Bertz CT molecular complexity index is 1260. The summed E-state index contributed by atoms with van der Waals surface area (Å²) in [4.78, 5) is 59.4. The lowest BCUT2D eigenvalue weighted by Gasteiger charge is -2.33. The van der Waals surface area contributed by atoms with Crippen molar-refractivity contribution in [2.75, 3.05) is 32.6 Å². The number of benzene rings is 1. The molecular weight excluding hydrogens is 554 g/mol. The second kappa shape index (κ2) is 17.2. The van der Waals surface area contributed by atoms with E-state index >= 15 is 0 Å². The number of ketones is 1. The van der Waals surface area contributed by atoms with Crippen LogP contribution in [0.25, 0.3) is 0 Å². The molecule has 0 saturated carbocycles. The van der Waals surface area contributed by atoms with Crippen molar-refractivity contribution in [3.8, 4) is 0 Å². The lowest BCUT2D eigenvalue weighted by molar-refractivity contribution is -0.138. The van der Waals surface area contributed by atoms with Crippen LogP contribution in [-0.4, -0.2) is 71.7 Å². The van der Waals surface area contributed by atoms with Gasteiger partial charge in [-0.3, -0.25) is 19.3 Å². The highest BCUT2D eigenvalue weighted by molar-refractivity contribution is 7.14. The number of likely N-dealkylation sites (N-methyl/N-ethyl adjacent to an activating group) is 1. The fourth-order valence-corrected chi connectivity index (χ4v) is 4.95. The average Bonchev–Trinajstić information content (AvgIpc) is 3.43. The van der Waals surface area contributed by atoms with Crippen LogP contribution in [0.15, 0.2) is 59.7 Å². The number of aromatic nitrogens is 1. The molecule has 4 amide bonds. The maximum Gasteiger partial charge on any atom is 0.322 e. The van der Waals surface area contributed by atoms with Gasteiger partial charge in [0.2, 0.25) is 11.8 Å². The summed E-state index contributed by atoms with van der Waals surface area (Å²) in [6.07, 6.45) is 6.84. The minimum absolute atomic E-state index is 0.154. The second-order valence-electron chi connectivity index (χ2n) is 10.2. The molecule has 228 valence electrons. The van der Waals surface area contributed by atoms with Crippen LogP contribution in [0.3, 0.4) is 0 Å². The van der Waals surface area contributed by atoms with E-state index < -0.39 is 35.7 Å². The number of carbonyl (C=O) groups excluding carboxylic acids is 4. The molecule has 42 heavy (non-hydrogen) atoms. The predicted molar refractivity (Wildman–Crippen MR) is 166 cm³/mol. The number of thiazole rings is 1. The number of hydrogen-bond acceptors (Lipinski definition) is 8. The molecule has 0 radical (unpaired) electrons. The van der Waals surface area contributed by atoms with Gasteiger partial charge in [-0.15, -0.1) is 11.3 Å². The van der Waals surface area contributed by atoms with E-state index in [4.69, 9.17) is 10.5 Å². The maximum absolute atomic E-state index is 13.7. The second-order valence-corrected chi connectivity index (χ2v) is 11.1. The number of nitrogens with two attached hydrogens (primary N) is 1. The molecule has 10 nitrogen and oxygen atoms in total. The van der Waals surface area contributed by atoms with E-state index in [0.717, 1.165) is 28.3 Å². The van der Waals surface area contributed by atoms with Gasteiger partial charge >= 0.3 is 6.03 Å². The predicted octanol–water partition coefficient (Wildman–Crippen LogP) is 5.21. The molecule has 2 rings (SSSR count). The average molecular weight is 598 g/mol. The van der Waals surface area contributed by atoms with Crippen molar-refractivity contribution in [1.29, 1.82) is 0 Å². The first kappa shape index (κ1) is 34.4. The molecule has 0 spiro atoms. The molecule has 11 heteroatoms. The van der Waals surface area contributed by atoms with Gasteiger partial charge in [0.15, 0.2) is 10.9 Å². The molecule has 0 aliphatic carbocycles. The van der Waals surface area contributed by atoms with Crippen LogP contribution in [0.2, 0.25) is 0 Å². The number of carbonyl (C=O) groups is 4. The van der Waals surface area contributed by atoms with E-state index in [-0.39, 0.29) is 23.0 Å². The Morgan fingerprint density at radius 2 is 1.83 bits per heavy atom. The number of urea groups is 1. The van der Waals surface area contributed by atoms with Crippen LogP contribution in [0, 0.1) is 5.92 Å². The fraction of sp³-hybridized carbons (Fsp3) is 0.452. The summed E-state index contributed by atoms with van der Waals surface area (Å²) in [6.45, 7) is 8.38. The first-order chi connectivity index (χ1) is 20.0. The van der Waals surface area contributed by atoms with Crippen molar-refractivity contribution in [2.45, 2.75) is 58.9 Å². The third-order valence-electron chi connectivity index (χ3n) is 6.67. The third kappa shape index (κ3) is 10.2. The van der Waals surface area contributed by atoms with E-state index in [9.17, 15) is 19.2 Å². The standard InChI is InChI=1S/C31H43N5O5S/c1-7-13-24(41-19-18-35(5)6)17-12-14-21(3)29(39)36(30(32)40)27(22(4)23-15-10-9-11-16-23)28(38)34-31-33-25(20-42-31)26(37)8-2/h7,9-11,13,15-17,20-22,27H,8,12,14,18-19H2,1-6H3,(H2,32,40)(H,33,34,38)/b13-7-,24-17+/t21-,22?,27?/m1/s1. The van der Waals surface area contributed by atoms with Gasteiger partial charge < -0.3 is 20.7 Å². The Labute approximate surface area is 252 Å². The SMILES string of the molecule is C/C=C\C(=C/CC[C@@H](C)C(=O)N(C(N)=O)C(C(=O)Nc1nc(C(=O)CC)cs1)C(C)c1ccccc1)OCCN(C)C. The Morgan fingerprint density at radius 1 is 1.14 bits per heavy atom. The molecule has 1 heterocycles. The quantitative estimate of drug-likeness (QED) is 0.154. The number of hydrogen-bond donors (Lipinski definition) is 2. The normalized spacial score (nSPS) is 13.9. The number of rotatable bonds is 16. The summed E-state index contributed by atoms with van der Waals surface area (Å²) >= 11 is 1.10. The molecule has 2 aromatic rings. The van der Waals surface area contributed by atoms with Crippen LogP contribution in [0.5, 0.6) is 0 Å². The molecule has 1 aromatic carbocycles. The number of amides is 4. The third-order valence-corrected chi connectivity index (χ3v) is 7.42. The first-order valence-corrected chi connectivity index (χ1v) is 14.9. The molecule has 0 bridgehead atoms. The zero-order chi connectivity index (χ0) is 31.2. The first-order valence-electron chi connectivity index (χ1n) is 14.1. The monoisotopic (exact) mass is 597 g/mol. The molecule has 3 atom stereocenters. The fourth-order valence-electron chi connectivity index (χ4n) is 4.23. The van der Waals surface area contributed by atoms with Gasteiger partial charge in [-0.05, 0) is 51.6 Å². The van der Waals surface area contributed by atoms with E-state index in [1.54, 1.807) is 26.2 Å². The number of nitrogens with zero attached hydrogens (tertiary/aromatic N) is 3. The van der Waals surface area contributed by atoms with Gasteiger partial charge in [0.05, 0.1) is 0 Å². The van der Waals surface area contributed by atoms with Crippen LogP contribution < -0.4 is 11.1 Å². The zero-order valence-corrected chi connectivity index (χ0v) is 26.1. The lowest BCUT2D eigenvalue weighted by Crippen LogP contribution is -2.56. The van der Waals surface area contributed by atoms with Crippen molar-refractivity contribution >= 4 is 40.1 Å². The number of Topliss-reactive ketones (excluding diaryl/α,β-unsaturated/α-hetero) is 1. The Hall–Kier alpha value is -3.83. The number of imide groups is 1. The lowest BCUT2D eigenvalue weighted by atomic mass is 9.90. The van der Waals surface area contributed by atoms with Crippen LogP contribution in [0.1, 0.15) is 68.9 Å². The largest absolute Gasteiger partial charge is 0.493 e. The molecular formula is C31H43N5O5S. The smallest absolute Gasteiger partial charge is 0.322 e. The topological polar surface area (TPSA) is 135 Å². The number of allylic oxidation sites excluding steroid dienone is 3. The molecule has 0 saturated heterocycles. The summed E-state index contributed by atoms with van der Waals surface area (Å²) in [7, 11) is 3.93. The summed E-state index contributed by atoms with van der Waals surface area (Å²) in [6, 6.07) is 6.85. The van der Waals surface area contributed by atoms with E-state index in [0.29, 0.717) is 25.2 Å². The molecule has 2 unspecified atom stereocenters. The highest BCUT2D eigenvalue weighted by Gasteiger charge is 2.40. The Kier molecular flexibility index (Phi) is 14.1. The van der Waals surface area contributed by atoms with Crippen molar-refractivity contribution in [2.24, 2.45) is 11.7 Å². The molecule has 0 fully saturated rings. The van der Waals surface area contributed by atoms with Crippen LogP contribution >= 0.6 is 11.3 Å². The van der Waals surface area contributed by atoms with Crippen molar-refractivity contribution < 1.29 is 23.9 Å². The minimum atomic E-state index is -1.25. The number of primary amides is 1. The number of anilines is 1. The molecule has 0 aliphatic heterocycles. The van der Waals surface area contributed by atoms with Crippen molar-refractivity contribution in [1.82, 2.24) is 14.8 Å². The van der Waals surface area contributed by atoms with Crippen molar-refractivity contribution in [3.05, 3.63) is 71.0 Å². The van der Waals surface area contributed by atoms with E-state index in [1.807, 2.05) is 74.5 Å². The number of ether oxygens (including phenoxy) is 1. The van der Waals surface area contributed by atoms with Crippen LogP contribution in [0.4, 0.5) is 9.93 Å². The summed E-state index contributed by atoms with van der Waals surface area (Å²) in [5.74, 6) is -1.84. The zero-order valence-electron chi connectivity index (χ0n) is 25.3. The molecule has 0 aliphatic rings. The molecule has 1 aromatic heterocycles.